The van der Waals surface area contributed by atoms with Gasteiger partial charge in [-0.3, -0.25) is 0 Å². The molecule has 0 spiro atoms. The van der Waals surface area contributed by atoms with Gasteiger partial charge in [0.25, 0.3) is 0 Å². The Kier molecular flexibility index (Phi) is 3.24. The van der Waals surface area contributed by atoms with Crippen molar-refractivity contribution in [3.05, 3.63) is 11.6 Å². The fraction of sp³-hybridized carbons (Fsp3) is 0.833. The van der Waals surface area contributed by atoms with Crippen LogP contribution >= 0.6 is 0 Å². The highest BCUT2D eigenvalue weighted by atomic mass is 16.3. The molecule has 0 radical (unpaired) electrons. The number of nitrogens with one attached hydrogen (secondary N) is 1. The van der Waals surface area contributed by atoms with Gasteiger partial charge in [0.1, 0.15) is 0 Å². The van der Waals surface area contributed by atoms with Crippen LogP contribution in [0.2, 0.25) is 0 Å². The molecule has 1 fully saturated rings. The Hall–Kier alpha value is -0.340. The number of hydrogen-bond acceptors (Lipinski definition) is 2. The van der Waals surface area contributed by atoms with Crippen LogP contribution in [0.4, 0.5) is 0 Å². The van der Waals surface area contributed by atoms with E-state index in [0.29, 0.717) is 6.04 Å². The van der Waals surface area contributed by atoms with Crippen molar-refractivity contribution in [1.29, 1.82) is 0 Å². The lowest BCUT2D eigenvalue weighted by atomic mass is 9.86. The molecule has 0 bridgehead atoms. The first-order valence-electron chi connectivity index (χ1n) is 5.86. The second-order valence-electron chi connectivity index (χ2n) is 4.85. The van der Waals surface area contributed by atoms with Gasteiger partial charge in [0, 0.05) is 6.04 Å². The largest absolute Gasteiger partial charge is 0.393 e. The number of piperidine rings is 1. The van der Waals surface area contributed by atoms with Gasteiger partial charge >= 0.3 is 0 Å². The molecule has 2 nitrogen and oxygen atoms in total. The maximum Gasteiger partial charge on any atom is 0.0577 e. The summed E-state index contributed by atoms with van der Waals surface area (Å²) in [4.78, 5) is 0. The molecule has 3 unspecified atom stereocenters. The van der Waals surface area contributed by atoms with E-state index in [2.05, 4.69) is 18.3 Å². The molecule has 0 aromatic rings. The molecule has 2 aliphatic rings. The summed E-state index contributed by atoms with van der Waals surface area (Å²) in [5, 5.41) is 13.0. The average Bonchev–Trinajstić information content (AvgIpc) is 2.21. The van der Waals surface area contributed by atoms with Crippen LogP contribution in [-0.2, 0) is 0 Å². The second kappa shape index (κ2) is 4.45. The topological polar surface area (TPSA) is 32.3 Å². The van der Waals surface area contributed by atoms with Gasteiger partial charge in [-0.05, 0) is 44.6 Å². The van der Waals surface area contributed by atoms with Crippen molar-refractivity contribution in [3.63, 3.8) is 0 Å². The number of hydrogen-bond donors (Lipinski definition) is 2. The summed E-state index contributed by atoms with van der Waals surface area (Å²) in [7, 11) is 0. The molecule has 0 aromatic carbocycles. The van der Waals surface area contributed by atoms with Gasteiger partial charge < -0.3 is 10.4 Å². The van der Waals surface area contributed by atoms with E-state index in [0.717, 1.165) is 31.7 Å². The minimum Gasteiger partial charge on any atom is -0.393 e. The van der Waals surface area contributed by atoms with Gasteiger partial charge in [-0.1, -0.05) is 18.6 Å². The maximum absolute atomic E-state index is 9.40. The zero-order chi connectivity index (χ0) is 9.97. The van der Waals surface area contributed by atoms with Gasteiger partial charge in [0.05, 0.1) is 6.10 Å². The van der Waals surface area contributed by atoms with Gasteiger partial charge in [0.2, 0.25) is 0 Å². The van der Waals surface area contributed by atoms with Gasteiger partial charge in [-0.2, -0.15) is 0 Å². The summed E-state index contributed by atoms with van der Waals surface area (Å²) >= 11 is 0. The van der Waals surface area contributed by atoms with E-state index in [4.69, 9.17) is 0 Å². The highest BCUT2D eigenvalue weighted by Crippen LogP contribution is 2.26. The Labute approximate surface area is 86.4 Å². The quantitative estimate of drug-likeness (QED) is 0.626. The monoisotopic (exact) mass is 195 g/mol. The summed E-state index contributed by atoms with van der Waals surface area (Å²) < 4.78 is 0. The fourth-order valence-corrected chi connectivity index (χ4v) is 2.47. The summed E-state index contributed by atoms with van der Waals surface area (Å²) in [6.45, 7) is 3.47. The van der Waals surface area contributed by atoms with Crippen LogP contribution in [-0.4, -0.2) is 23.8 Å². The predicted molar refractivity (Wildman–Crippen MR) is 58.1 cm³/mol. The highest BCUT2D eigenvalue weighted by molar-refractivity contribution is 5.15. The average molecular weight is 195 g/mol. The fourth-order valence-electron chi connectivity index (χ4n) is 2.47. The smallest absolute Gasteiger partial charge is 0.0577 e. The van der Waals surface area contributed by atoms with Crippen LogP contribution in [0.15, 0.2) is 11.6 Å². The van der Waals surface area contributed by atoms with E-state index >= 15 is 0 Å². The van der Waals surface area contributed by atoms with E-state index in [-0.39, 0.29) is 6.10 Å². The van der Waals surface area contributed by atoms with Gasteiger partial charge in [0.15, 0.2) is 0 Å². The molecule has 1 aliphatic heterocycles. The lowest BCUT2D eigenvalue weighted by Gasteiger charge is -2.32. The Balaban J connectivity index is 1.89. The first-order chi connectivity index (χ1) is 6.75. The Bertz CT molecular complexity index is 216. The van der Waals surface area contributed by atoms with Gasteiger partial charge in [-0.25, -0.2) is 0 Å². The Morgan fingerprint density at radius 1 is 1.36 bits per heavy atom. The van der Waals surface area contributed by atoms with Crippen LogP contribution < -0.4 is 5.32 Å². The predicted octanol–water partition coefficient (Wildman–Crippen LogP) is 1.85. The third-order valence-corrected chi connectivity index (χ3v) is 3.53. The van der Waals surface area contributed by atoms with E-state index in [1.165, 1.54) is 12.8 Å². The minimum atomic E-state index is -0.0822. The molecular weight excluding hydrogens is 174 g/mol. The lowest BCUT2D eigenvalue weighted by molar-refractivity contribution is 0.160. The molecule has 3 atom stereocenters. The summed E-state index contributed by atoms with van der Waals surface area (Å²) in [6, 6.07) is 0.610. The molecule has 2 rings (SSSR count). The van der Waals surface area contributed by atoms with Crippen molar-refractivity contribution in [2.75, 3.05) is 6.54 Å². The number of aliphatic hydroxyl groups excluding tert-OH is 1. The molecule has 1 saturated heterocycles. The normalized spacial score (nSPS) is 39.3. The van der Waals surface area contributed by atoms with Crippen LogP contribution in [0, 0.1) is 5.92 Å². The highest BCUT2D eigenvalue weighted by Gasteiger charge is 2.22. The number of aliphatic hydroxyl groups is 1. The Morgan fingerprint density at radius 3 is 2.79 bits per heavy atom. The van der Waals surface area contributed by atoms with Crippen molar-refractivity contribution in [2.24, 2.45) is 5.92 Å². The molecule has 1 heterocycles. The first-order valence-corrected chi connectivity index (χ1v) is 5.86. The van der Waals surface area contributed by atoms with Crippen molar-refractivity contribution in [3.8, 4) is 0 Å². The number of rotatable bonds is 1. The minimum absolute atomic E-state index is 0.0822. The zero-order valence-corrected chi connectivity index (χ0v) is 9.00. The second-order valence-corrected chi connectivity index (χ2v) is 4.85. The van der Waals surface area contributed by atoms with E-state index in [1.807, 2.05) is 0 Å². The van der Waals surface area contributed by atoms with Crippen molar-refractivity contribution in [1.82, 2.24) is 5.32 Å². The third kappa shape index (κ3) is 2.37. The van der Waals surface area contributed by atoms with Gasteiger partial charge in [-0.15, -0.1) is 0 Å². The molecule has 1 aliphatic carbocycles. The van der Waals surface area contributed by atoms with E-state index in [9.17, 15) is 5.11 Å². The molecule has 2 N–H and O–H groups in total. The van der Waals surface area contributed by atoms with E-state index < -0.39 is 0 Å². The molecular formula is C12H21NO. The zero-order valence-electron chi connectivity index (χ0n) is 9.00. The molecule has 80 valence electrons. The molecule has 0 saturated carbocycles. The van der Waals surface area contributed by atoms with E-state index in [1.54, 1.807) is 5.57 Å². The van der Waals surface area contributed by atoms with Crippen molar-refractivity contribution >= 4 is 0 Å². The molecule has 0 amide bonds. The van der Waals surface area contributed by atoms with Crippen LogP contribution in [0.3, 0.4) is 0 Å². The molecule has 14 heavy (non-hydrogen) atoms. The van der Waals surface area contributed by atoms with Crippen molar-refractivity contribution in [2.45, 2.75) is 51.2 Å². The van der Waals surface area contributed by atoms with Crippen LogP contribution in [0.1, 0.15) is 39.0 Å². The molecule has 0 aromatic heterocycles. The lowest BCUT2D eigenvalue weighted by Crippen LogP contribution is -2.40. The SMILES string of the molecule is CC1CCC(C2=CCC(O)CC2)NC1. The summed E-state index contributed by atoms with van der Waals surface area (Å²) in [6.07, 6.45) is 7.71. The van der Waals surface area contributed by atoms with Crippen LogP contribution in [0.5, 0.6) is 0 Å². The first kappa shape index (κ1) is 10.2. The summed E-state index contributed by atoms with van der Waals surface area (Å²) in [5.74, 6) is 0.834. The maximum atomic E-state index is 9.40. The Morgan fingerprint density at radius 2 is 2.21 bits per heavy atom. The molecule has 2 heteroatoms. The standard InChI is InChI=1S/C12H21NO/c1-9-2-7-12(13-8-9)10-3-5-11(14)6-4-10/h3,9,11-14H,2,4-8H2,1H3. The van der Waals surface area contributed by atoms with Crippen LogP contribution in [0.25, 0.3) is 0 Å². The third-order valence-electron chi connectivity index (χ3n) is 3.53. The van der Waals surface area contributed by atoms with Crippen molar-refractivity contribution < 1.29 is 5.11 Å². The summed E-state index contributed by atoms with van der Waals surface area (Å²) in [5.41, 5.74) is 1.54.